The van der Waals surface area contributed by atoms with E-state index < -0.39 is 6.10 Å². The van der Waals surface area contributed by atoms with Crippen molar-refractivity contribution in [1.82, 2.24) is 9.97 Å². The molecule has 4 rings (SSSR count). The van der Waals surface area contributed by atoms with Crippen LogP contribution < -0.4 is 9.64 Å². The van der Waals surface area contributed by atoms with Crippen LogP contribution in [0, 0.1) is 0 Å². The SMILES string of the molecule is COc1cc(N2CC[C@@H](c3ccc4ccccc4c3)[C@H](O)C2)ncn1. The summed E-state index contributed by atoms with van der Waals surface area (Å²) in [5, 5.41) is 13.2. The van der Waals surface area contributed by atoms with Crippen molar-refractivity contribution in [1.29, 1.82) is 0 Å². The molecule has 0 bridgehead atoms. The number of rotatable bonds is 3. The first-order valence-corrected chi connectivity index (χ1v) is 8.52. The first kappa shape index (κ1) is 15.8. The predicted octanol–water partition coefficient (Wildman–Crippen LogP) is 2.99. The average molecular weight is 335 g/mol. The Bertz CT molecular complexity index is 883. The molecule has 1 saturated heterocycles. The normalized spacial score (nSPS) is 20.6. The Balaban J connectivity index is 1.54. The lowest BCUT2D eigenvalue weighted by Crippen LogP contribution is -2.43. The molecule has 0 amide bonds. The van der Waals surface area contributed by atoms with Crippen LogP contribution >= 0.6 is 0 Å². The lowest BCUT2D eigenvalue weighted by atomic mass is 9.86. The van der Waals surface area contributed by atoms with Crippen molar-refractivity contribution in [2.75, 3.05) is 25.1 Å². The molecule has 5 nitrogen and oxygen atoms in total. The van der Waals surface area contributed by atoms with Gasteiger partial charge >= 0.3 is 0 Å². The van der Waals surface area contributed by atoms with Gasteiger partial charge in [0.25, 0.3) is 0 Å². The van der Waals surface area contributed by atoms with Crippen LogP contribution in [-0.4, -0.2) is 41.4 Å². The Morgan fingerprint density at radius 3 is 2.72 bits per heavy atom. The average Bonchev–Trinajstić information content (AvgIpc) is 2.67. The van der Waals surface area contributed by atoms with Crippen LogP contribution in [0.15, 0.2) is 54.9 Å². The smallest absolute Gasteiger partial charge is 0.218 e. The maximum atomic E-state index is 10.7. The second kappa shape index (κ2) is 6.69. The molecule has 1 aliphatic rings. The fraction of sp³-hybridized carbons (Fsp3) is 0.300. The highest BCUT2D eigenvalue weighted by atomic mass is 16.5. The van der Waals surface area contributed by atoms with E-state index in [0.717, 1.165) is 18.8 Å². The summed E-state index contributed by atoms with van der Waals surface area (Å²) in [7, 11) is 1.59. The molecule has 2 atom stereocenters. The van der Waals surface area contributed by atoms with Crippen molar-refractivity contribution >= 4 is 16.6 Å². The third kappa shape index (κ3) is 3.15. The summed E-state index contributed by atoms with van der Waals surface area (Å²) in [5.41, 5.74) is 1.20. The Morgan fingerprint density at radius 1 is 1.08 bits per heavy atom. The third-order valence-corrected chi connectivity index (χ3v) is 4.94. The highest BCUT2D eigenvalue weighted by Crippen LogP contribution is 2.32. The second-order valence-electron chi connectivity index (χ2n) is 6.43. The summed E-state index contributed by atoms with van der Waals surface area (Å²) >= 11 is 0. The lowest BCUT2D eigenvalue weighted by molar-refractivity contribution is 0.129. The highest BCUT2D eigenvalue weighted by molar-refractivity contribution is 5.83. The Morgan fingerprint density at radius 2 is 1.92 bits per heavy atom. The number of hydrogen-bond acceptors (Lipinski definition) is 5. The number of aromatic nitrogens is 2. The van der Waals surface area contributed by atoms with E-state index in [1.165, 1.54) is 22.7 Å². The standard InChI is InChI=1S/C20H21N3O2/c1-25-20-11-19(21-13-22-20)23-9-8-17(18(24)12-23)16-7-6-14-4-2-3-5-15(14)10-16/h2-7,10-11,13,17-18,24H,8-9,12H2,1H3/t17-,18+/m0/s1. The number of β-amino-alcohol motifs (C(OH)–C–C–N with tert-alkyl or cyclic N) is 1. The number of piperidine rings is 1. The van der Waals surface area contributed by atoms with Gasteiger partial charge in [0.15, 0.2) is 0 Å². The van der Waals surface area contributed by atoms with Gasteiger partial charge in [-0.3, -0.25) is 0 Å². The molecule has 1 aliphatic heterocycles. The van der Waals surface area contributed by atoms with E-state index in [0.29, 0.717) is 12.4 Å². The topological polar surface area (TPSA) is 58.5 Å². The number of benzene rings is 2. The highest BCUT2D eigenvalue weighted by Gasteiger charge is 2.29. The van der Waals surface area contributed by atoms with Gasteiger partial charge in [-0.15, -0.1) is 0 Å². The van der Waals surface area contributed by atoms with Gasteiger partial charge in [0.05, 0.1) is 13.2 Å². The molecule has 25 heavy (non-hydrogen) atoms. The zero-order chi connectivity index (χ0) is 17.2. The molecule has 2 aromatic carbocycles. The number of aliphatic hydroxyl groups excluding tert-OH is 1. The zero-order valence-electron chi connectivity index (χ0n) is 14.2. The predicted molar refractivity (Wildman–Crippen MR) is 98.1 cm³/mol. The Kier molecular flexibility index (Phi) is 4.24. The third-order valence-electron chi connectivity index (χ3n) is 4.94. The van der Waals surface area contributed by atoms with Gasteiger partial charge in [-0.05, 0) is 22.8 Å². The van der Waals surface area contributed by atoms with E-state index >= 15 is 0 Å². The lowest BCUT2D eigenvalue weighted by Gasteiger charge is -2.37. The fourth-order valence-electron chi connectivity index (χ4n) is 3.58. The largest absolute Gasteiger partial charge is 0.481 e. The summed E-state index contributed by atoms with van der Waals surface area (Å²) in [5.74, 6) is 1.48. The number of methoxy groups -OCH3 is 1. The number of ether oxygens (including phenoxy) is 1. The van der Waals surface area contributed by atoms with E-state index in [2.05, 4.69) is 45.2 Å². The van der Waals surface area contributed by atoms with Crippen LogP contribution in [0.1, 0.15) is 17.9 Å². The maximum Gasteiger partial charge on any atom is 0.218 e. The Labute approximate surface area is 146 Å². The van der Waals surface area contributed by atoms with Crippen LogP contribution in [0.4, 0.5) is 5.82 Å². The van der Waals surface area contributed by atoms with E-state index in [9.17, 15) is 5.11 Å². The number of hydrogen-bond donors (Lipinski definition) is 1. The van der Waals surface area contributed by atoms with Gasteiger partial charge in [0.2, 0.25) is 5.88 Å². The monoisotopic (exact) mass is 335 g/mol. The van der Waals surface area contributed by atoms with Gasteiger partial charge in [-0.1, -0.05) is 42.5 Å². The molecule has 0 saturated carbocycles. The minimum Gasteiger partial charge on any atom is -0.481 e. The van der Waals surface area contributed by atoms with Crippen molar-refractivity contribution in [3.05, 3.63) is 60.4 Å². The molecule has 0 unspecified atom stereocenters. The van der Waals surface area contributed by atoms with Crippen LogP contribution in [0.5, 0.6) is 5.88 Å². The minimum absolute atomic E-state index is 0.143. The van der Waals surface area contributed by atoms with E-state index in [1.54, 1.807) is 7.11 Å². The summed E-state index contributed by atoms with van der Waals surface area (Å²) in [6, 6.07) is 16.6. The second-order valence-corrected chi connectivity index (χ2v) is 6.43. The summed E-state index contributed by atoms with van der Waals surface area (Å²) < 4.78 is 5.16. The molecule has 0 spiro atoms. The molecule has 128 valence electrons. The molecule has 1 aromatic heterocycles. The molecular weight excluding hydrogens is 314 g/mol. The zero-order valence-corrected chi connectivity index (χ0v) is 14.2. The van der Waals surface area contributed by atoms with E-state index in [4.69, 9.17) is 4.74 Å². The van der Waals surface area contributed by atoms with E-state index in [-0.39, 0.29) is 5.92 Å². The van der Waals surface area contributed by atoms with Crippen molar-refractivity contribution in [2.24, 2.45) is 0 Å². The number of fused-ring (bicyclic) bond motifs is 1. The van der Waals surface area contributed by atoms with Crippen LogP contribution in [-0.2, 0) is 0 Å². The van der Waals surface area contributed by atoms with Gasteiger partial charge in [-0.25, -0.2) is 9.97 Å². The molecule has 0 aliphatic carbocycles. The number of anilines is 1. The molecular formula is C20H21N3O2. The van der Waals surface area contributed by atoms with Crippen molar-refractivity contribution in [3.63, 3.8) is 0 Å². The Hall–Kier alpha value is -2.66. The summed E-state index contributed by atoms with van der Waals surface area (Å²) in [6.45, 7) is 1.40. The first-order valence-electron chi connectivity index (χ1n) is 8.52. The van der Waals surface area contributed by atoms with Crippen LogP contribution in [0.2, 0.25) is 0 Å². The molecule has 2 heterocycles. The molecule has 1 fully saturated rings. The van der Waals surface area contributed by atoms with Gasteiger partial charge in [0, 0.05) is 25.1 Å². The molecule has 0 radical (unpaired) electrons. The quantitative estimate of drug-likeness (QED) is 0.797. The van der Waals surface area contributed by atoms with Crippen LogP contribution in [0.25, 0.3) is 10.8 Å². The molecule has 5 heteroatoms. The van der Waals surface area contributed by atoms with Crippen molar-refractivity contribution in [2.45, 2.75) is 18.4 Å². The molecule has 1 N–H and O–H groups in total. The van der Waals surface area contributed by atoms with Crippen LogP contribution in [0.3, 0.4) is 0 Å². The minimum atomic E-state index is -0.434. The van der Waals surface area contributed by atoms with Crippen molar-refractivity contribution in [3.8, 4) is 5.88 Å². The van der Waals surface area contributed by atoms with Gasteiger partial charge in [0.1, 0.15) is 12.1 Å². The van der Waals surface area contributed by atoms with Gasteiger partial charge < -0.3 is 14.7 Å². The summed E-state index contributed by atoms with van der Waals surface area (Å²) in [4.78, 5) is 10.4. The number of aliphatic hydroxyl groups is 1. The molecule has 3 aromatic rings. The fourth-order valence-corrected chi connectivity index (χ4v) is 3.58. The summed E-state index contributed by atoms with van der Waals surface area (Å²) in [6.07, 6.45) is 1.94. The van der Waals surface area contributed by atoms with Crippen molar-refractivity contribution < 1.29 is 9.84 Å². The first-order chi connectivity index (χ1) is 12.2. The van der Waals surface area contributed by atoms with E-state index in [1.807, 2.05) is 18.2 Å². The number of nitrogens with zero attached hydrogens (tertiary/aromatic N) is 3. The van der Waals surface area contributed by atoms with Gasteiger partial charge in [-0.2, -0.15) is 0 Å². The maximum absolute atomic E-state index is 10.7.